The molecule has 0 spiro atoms. The molecule has 0 atom stereocenters. The third-order valence-electron chi connectivity index (χ3n) is 3.42. The lowest BCUT2D eigenvalue weighted by Crippen LogP contribution is -2.21. The number of nitrogens with one attached hydrogen (secondary N) is 1. The van der Waals surface area contributed by atoms with E-state index in [0.717, 1.165) is 22.8 Å². The molecule has 2 rings (SSSR count). The molecular formula is C18H25N3O2. The summed E-state index contributed by atoms with van der Waals surface area (Å²) in [6.07, 6.45) is 1.95. The largest absolute Gasteiger partial charge is 0.491 e. The van der Waals surface area contributed by atoms with Crippen LogP contribution in [0.15, 0.2) is 42.6 Å². The first kappa shape index (κ1) is 17.1. The van der Waals surface area contributed by atoms with E-state index < -0.39 is 0 Å². The number of para-hydroxylation sites is 1. The van der Waals surface area contributed by atoms with Crippen molar-refractivity contribution in [2.24, 2.45) is 0 Å². The summed E-state index contributed by atoms with van der Waals surface area (Å²) in [6.45, 7) is 5.42. The summed E-state index contributed by atoms with van der Waals surface area (Å²) in [5, 5.41) is 12.3. The van der Waals surface area contributed by atoms with Crippen LogP contribution in [0.5, 0.6) is 5.75 Å². The molecule has 0 saturated carbocycles. The van der Waals surface area contributed by atoms with E-state index in [0.29, 0.717) is 13.1 Å². The normalized spacial score (nSPS) is 10.7. The lowest BCUT2D eigenvalue weighted by atomic mass is 10.2. The van der Waals surface area contributed by atoms with E-state index >= 15 is 0 Å². The Labute approximate surface area is 137 Å². The van der Waals surface area contributed by atoms with Crippen molar-refractivity contribution in [1.29, 1.82) is 0 Å². The van der Waals surface area contributed by atoms with Crippen LogP contribution in [0.2, 0.25) is 0 Å². The van der Waals surface area contributed by atoms with Crippen LogP contribution in [0.1, 0.15) is 19.4 Å². The molecule has 0 aliphatic heterocycles. The van der Waals surface area contributed by atoms with E-state index in [4.69, 9.17) is 9.84 Å². The van der Waals surface area contributed by atoms with Crippen LogP contribution in [0.25, 0.3) is 0 Å². The number of aliphatic hydroxyl groups excluding tert-OH is 1. The van der Waals surface area contributed by atoms with E-state index in [2.05, 4.69) is 10.3 Å². The molecule has 0 aliphatic rings. The van der Waals surface area contributed by atoms with Gasteiger partial charge in [-0.2, -0.15) is 0 Å². The highest BCUT2D eigenvalue weighted by Crippen LogP contribution is 2.21. The number of hydrogen-bond donors (Lipinski definition) is 2. The number of likely N-dealkylation sites (N-methyl/N-ethyl adjacent to an activating group) is 1. The lowest BCUT2D eigenvalue weighted by molar-refractivity contribution is 0.240. The second kappa shape index (κ2) is 8.39. The number of pyridine rings is 1. The van der Waals surface area contributed by atoms with Gasteiger partial charge in [-0.1, -0.05) is 18.2 Å². The van der Waals surface area contributed by atoms with Crippen LogP contribution in [-0.2, 0) is 6.54 Å². The minimum absolute atomic E-state index is 0.128. The highest BCUT2D eigenvalue weighted by molar-refractivity contribution is 5.49. The van der Waals surface area contributed by atoms with Crippen molar-refractivity contribution in [2.75, 3.05) is 30.4 Å². The smallest absolute Gasteiger partial charge is 0.126 e. The number of aliphatic hydroxyl groups is 1. The van der Waals surface area contributed by atoms with Crippen molar-refractivity contribution in [1.82, 2.24) is 4.98 Å². The van der Waals surface area contributed by atoms with Crippen molar-refractivity contribution in [3.8, 4) is 5.75 Å². The van der Waals surface area contributed by atoms with Crippen LogP contribution in [0.4, 0.5) is 11.5 Å². The highest BCUT2D eigenvalue weighted by atomic mass is 16.5. The van der Waals surface area contributed by atoms with Gasteiger partial charge in [0.05, 0.1) is 24.6 Å². The number of ether oxygens (including phenoxy) is 1. The van der Waals surface area contributed by atoms with Gasteiger partial charge in [0.25, 0.3) is 0 Å². The van der Waals surface area contributed by atoms with Gasteiger partial charge in [0.15, 0.2) is 0 Å². The molecule has 5 nitrogen and oxygen atoms in total. The molecule has 0 amide bonds. The molecule has 0 bridgehead atoms. The van der Waals surface area contributed by atoms with Gasteiger partial charge in [-0.3, -0.25) is 0 Å². The Morgan fingerprint density at radius 3 is 2.65 bits per heavy atom. The van der Waals surface area contributed by atoms with E-state index in [1.807, 2.05) is 62.2 Å². The molecule has 5 heteroatoms. The maximum absolute atomic E-state index is 8.96. The molecule has 0 saturated heterocycles. The minimum Gasteiger partial charge on any atom is -0.491 e. The fourth-order valence-electron chi connectivity index (χ4n) is 2.20. The van der Waals surface area contributed by atoms with Gasteiger partial charge in [0, 0.05) is 25.7 Å². The predicted molar refractivity (Wildman–Crippen MR) is 94.1 cm³/mol. The Bertz CT molecular complexity index is 599. The number of benzene rings is 1. The van der Waals surface area contributed by atoms with Crippen molar-refractivity contribution in [3.05, 3.63) is 48.2 Å². The fraction of sp³-hybridized carbons (Fsp3) is 0.389. The first-order valence-electron chi connectivity index (χ1n) is 7.86. The summed E-state index contributed by atoms with van der Waals surface area (Å²) in [5.74, 6) is 1.71. The average Bonchev–Trinajstić information content (AvgIpc) is 2.54. The number of hydrogen-bond acceptors (Lipinski definition) is 5. The third kappa shape index (κ3) is 5.14. The van der Waals surface area contributed by atoms with Crippen LogP contribution >= 0.6 is 0 Å². The lowest BCUT2D eigenvalue weighted by Gasteiger charge is -2.18. The van der Waals surface area contributed by atoms with Gasteiger partial charge >= 0.3 is 0 Å². The van der Waals surface area contributed by atoms with Gasteiger partial charge in [-0.25, -0.2) is 4.98 Å². The first-order valence-corrected chi connectivity index (χ1v) is 7.86. The summed E-state index contributed by atoms with van der Waals surface area (Å²) < 4.78 is 5.82. The molecule has 2 aromatic rings. The van der Waals surface area contributed by atoms with Crippen LogP contribution < -0.4 is 15.0 Å². The molecule has 1 heterocycles. The summed E-state index contributed by atoms with van der Waals surface area (Å²) in [5.41, 5.74) is 2.08. The molecule has 0 aliphatic carbocycles. The maximum Gasteiger partial charge on any atom is 0.126 e. The quantitative estimate of drug-likeness (QED) is 0.784. The number of rotatable bonds is 8. The summed E-state index contributed by atoms with van der Waals surface area (Å²) in [6, 6.07) is 11.9. The van der Waals surface area contributed by atoms with Gasteiger partial charge in [-0.05, 0) is 32.0 Å². The van der Waals surface area contributed by atoms with E-state index in [1.54, 1.807) is 6.20 Å². The molecule has 1 aromatic carbocycles. The summed E-state index contributed by atoms with van der Waals surface area (Å²) in [7, 11) is 1.93. The Balaban J connectivity index is 1.98. The van der Waals surface area contributed by atoms with E-state index in [9.17, 15) is 0 Å². The fourth-order valence-corrected chi connectivity index (χ4v) is 2.20. The van der Waals surface area contributed by atoms with Crippen LogP contribution in [0, 0.1) is 0 Å². The zero-order valence-corrected chi connectivity index (χ0v) is 14.0. The minimum atomic E-state index is 0.128. The second-order valence-electron chi connectivity index (χ2n) is 5.67. The topological polar surface area (TPSA) is 57.6 Å². The number of aromatic nitrogens is 1. The molecule has 124 valence electrons. The highest BCUT2D eigenvalue weighted by Gasteiger charge is 2.06. The zero-order chi connectivity index (χ0) is 16.7. The zero-order valence-electron chi connectivity index (χ0n) is 14.0. The van der Waals surface area contributed by atoms with E-state index in [1.165, 1.54) is 0 Å². The SMILES string of the molecule is CC(C)Oc1ccccc1CNc1ccc(N(C)CCO)cn1. The Morgan fingerprint density at radius 2 is 2.00 bits per heavy atom. The second-order valence-corrected chi connectivity index (χ2v) is 5.67. The average molecular weight is 315 g/mol. The standard InChI is InChI=1S/C18H25N3O2/c1-14(2)23-17-7-5-4-6-15(17)12-19-18-9-8-16(13-20-18)21(3)10-11-22/h4-9,13-14,22H,10-12H2,1-3H3,(H,19,20). The molecule has 23 heavy (non-hydrogen) atoms. The van der Waals surface area contributed by atoms with Crippen molar-refractivity contribution >= 4 is 11.5 Å². The Kier molecular flexibility index (Phi) is 6.23. The van der Waals surface area contributed by atoms with Crippen LogP contribution in [0.3, 0.4) is 0 Å². The molecule has 1 aromatic heterocycles. The molecule has 2 N–H and O–H groups in total. The monoisotopic (exact) mass is 315 g/mol. The van der Waals surface area contributed by atoms with Crippen molar-refractivity contribution < 1.29 is 9.84 Å². The maximum atomic E-state index is 8.96. The van der Waals surface area contributed by atoms with Gasteiger partial charge in [-0.15, -0.1) is 0 Å². The Morgan fingerprint density at radius 1 is 1.22 bits per heavy atom. The van der Waals surface area contributed by atoms with Gasteiger partial charge < -0.3 is 20.1 Å². The van der Waals surface area contributed by atoms with E-state index in [-0.39, 0.29) is 12.7 Å². The summed E-state index contributed by atoms with van der Waals surface area (Å²) >= 11 is 0. The van der Waals surface area contributed by atoms with Crippen molar-refractivity contribution in [3.63, 3.8) is 0 Å². The van der Waals surface area contributed by atoms with Gasteiger partial charge in [0.1, 0.15) is 11.6 Å². The molecule has 0 fully saturated rings. The molecular weight excluding hydrogens is 290 g/mol. The third-order valence-corrected chi connectivity index (χ3v) is 3.42. The van der Waals surface area contributed by atoms with Crippen molar-refractivity contribution in [2.45, 2.75) is 26.5 Å². The van der Waals surface area contributed by atoms with Crippen LogP contribution in [-0.4, -0.2) is 36.4 Å². The number of anilines is 2. The Hall–Kier alpha value is -2.27. The van der Waals surface area contributed by atoms with Gasteiger partial charge in [0.2, 0.25) is 0 Å². The number of nitrogens with zero attached hydrogens (tertiary/aromatic N) is 2. The summed E-state index contributed by atoms with van der Waals surface area (Å²) in [4.78, 5) is 6.37. The molecule has 0 unspecified atom stereocenters. The predicted octanol–water partition coefficient (Wildman–Crippen LogP) is 2.91. The molecule has 0 radical (unpaired) electrons. The first-order chi connectivity index (χ1) is 11.1.